The smallest absolute Gasteiger partial charge is 0.116 e. The van der Waals surface area contributed by atoms with E-state index >= 15 is 0 Å². The topological polar surface area (TPSA) is 45.0 Å². The van der Waals surface area contributed by atoms with Crippen molar-refractivity contribution in [1.29, 1.82) is 0 Å². The van der Waals surface area contributed by atoms with Gasteiger partial charge in [-0.05, 0) is 29.5 Å². The van der Waals surface area contributed by atoms with Crippen LogP contribution in [0.15, 0.2) is 40.2 Å². The van der Waals surface area contributed by atoms with Crippen molar-refractivity contribution in [1.82, 2.24) is 0 Å². The molecule has 0 saturated carbocycles. The first-order chi connectivity index (χ1) is 6.34. The van der Waals surface area contributed by atoms with Crippen LogP contribution in [0.3, 0.4) is 0 Å². The minimum Gasteiger partial charge on any atom is -0.508 e. The van der Waals surface area contributed by atoms with E-state index in [0.717, 1.165) is 21.7 Å². The fraction of sp³-hybridized carbons (Fsp3) is 0. The van der Waals surface area contributed by atoms with Gasteiger partial charge in [0.05, 0.1) is 6.20 Å². The summed E-state index contributed by atoms with van der Waals surface area (Å²) in [6.45, 7) is 0. The van der Waals surface area contributed by atoms with E-state index in [1.165, 1.54) is 0 Å². The molecular weight excluding hydrogens is 164 g/mol. The van der Waals surface area contributed by atoms with Crippen LogP contribution in [0.1, 0.15) is 0 Å². The highest BCUT2D eigenvalue weighted by Gasteiger charge is 2.13. The third-order valence-corrected chi connectivity index (χ3v) is 2.23. The SMILES string of the molecule is Oc1ccc2c(c1)=CC1=CN=NC=21. The van der Waals surface area contributed by atoms with Crippen molar-refractivity contribution in [2.24, 2.45) is 10.2 Å². The Bertz CT molecular complexity index is 567. The van der Waals surface area contributed by atoms with Crippen molar-refractivity contribution >= 4 is 11.8 Å². The van der Waals surface area contributed by atoms with E-state index in [-0.39, 0.29) is 5.75 Å². The van der Waals surface area contributed by atoms with Crippen LogP contribution in [-0.4, -0.2) is 5.11 Å². The molecule has 1 heterocycles. The van der Waals surface area contributed by atoms with Gasteiger partial charge in [-0.25, -0.2) is 0 Å². The molecule has 1 aliphatic heterocycles. The van der Waals surface area contributed by atoms with Crippen LogP contribution in [0.4, 0.5) is 0 Å². The van der Waals surface area contributed by atoms with Gasteiger partial charge in [-0.15, -0.1) is 5.11 Å². The van der Waals surface area contributed by atoms with Crippen LogP contribution < -0.4 is 10.4 Å². The van der Waals surface area contributed by atoms with E-state index in [0.29, 0.717) is 0 Å². The highest BCUT2D eigenvalue weighted by atomic mass is 16.3. The normalized spacial score (nSPS) is 16.6. The first-order valence-electron chi connectivity index (χ1n) is 4.01. The van der Waals surface area contributed by atoms with Crippen LogP contribution >= 0.6 is 0 Å². The second-order valence-electron chi connectivity index (χ2n) is 3.06. The highest BCUT2D eigenvalue weighted by molar-refractivity contribution is 5.82. The zero-order valence-electron chi connectivity index (χ0n) is 6.73. The van der Waals surface area contributed by atoms with Gasteiger partial charge in [0.25, 0.3) is 0 Å². The molecule has 0 fully saturated rings. The molecule has 0 amide bonds. The van der Waals surface area contributed by atoms with Gasteiger partial charge in [-0.3, -0.25) is 0 Å². The molecule has 62 valence electrons. The van der Waals surface area contributed by atoms with Crippen molar-refractivity contribution in [3.8, 4) is 5.75 Å². The number of hydrogen-bond donors (Lipinski definition) is 1. The molecule has 0 spiro atoms. The molecule has 1 aromatic carbocycles. The zero-order chi connectivity index (χ0) is 8.84. The number of nitrogens with zero attached hydrogens (tertiary/aromatic N) is 2. The van der Waals surface area contributed by atoms with Gasteiger partial charge < -0.3 is 5.11 Å². The van der Waals surface area contributed by atoms with E-state index in [2.05, 4.69) is 10.2 Å². The maximum atomic E-state index is 9.26. The summed E-state index contributed by atoms with van der Waals surface area (Å²) in [5.41, 5.74) is 1.94. The lowest BCUT2D eigenvalue weighted by atomic mass is 10.2. The Kier molecular flexibility index (Phi) is 1.05. The Labute approximate surface area is 74.1 Å². The number of phenols is 1. The summed E-state index contributed by atoms with van der Waals surface area (Å²) in [7, 11) is 0. The van der Waals surface area contributed by atoms with E-state index < -0.39 is 0 Å². The third kappa shape index (κ3) is 0.783. The number of aromatic hydroxyl groups is 1. The number of fused-ring (bicyclic) bond motifs is 2. The molecule has 0 unspecified atom stereocenters. The molecule has 1 N–H and O–H groups in total. The Morgan fingerprint density at radius 3 is 3.08 bits per heavy atom. The number of phenolic OH excluding ortho intramolecular Hbond substituents is 1. The first kappa shape index (κ1) is 6.60. The standard InChI is InChI=1S/C10H6N2O/c13-8-1-2-9-6(4-8)3-7-5-11-12-10(7)9/h1-5,13H. The molecule has 1 aliphatic carbocycles. The van der Waals surface area contributed by atoms with E-state index in [4.69, 9.17) is 0 Å². The lowest BCUT2D eigenvalue weighted by Gasteiger charge is -1.89. The molecule has 13 heavy (non-hydrogen) atoms. The lowest BCUT2D eigenvalue weighted by Crippen LogP contribution is -2.21. The number of rotatable bonds is 0. The maximum Gasteiger partial charge on any atom is 0.116 e. The van der Waals surface area contributed by atoms with E-state index in [1.807, 2.05) is 12.1 Å². The Morgan fingerprint density at radius 1 is 1.23 bits per heavy atom. The molecule has 0 bridgehead atoms. The Balaban J connectivity index is 2.52. The van der Waals surface area contributed by atoms with Gasteiger partial charge in [-0.2, -0.15) is 5.11 Å². The van der Waals surface area contributed by atoms with E-state index in [9.17, 15) is 5.11 Å². The predicted octanol–water partition coefficient (Wildman–Crippen LogP) is 0.644. The summed E-state index contributed by atoms with van der Waals surface area (Å²) in [6.07, 6.45) is 3.71. The van der Waals surface area contributed by atoms with Crippen LogP contribution in [0.5, 0.6) is 5.75 Å². The minimum atomic E-state index is 0.285. The van der Waals surface area contributed by atoms with Crippen LogP contribution in [0.25, 0.3) is 11.8 Å². The van der Waals surface area contributed by atoms with Crippen LogP contribution in [-0.2, 0) is 0 Å². The van der Waals surface area contributed by atoms with Crippen molar-refractivity contribution in [3.63, 3.8) is 0 Å². The fourth-order valence-corrected chi connectivity index (χ4v) is 1.64. The van der Waals surface area contributed by atoms with Gasteiger partial charge in [0.15, 0.2) is 0 Å². The Morgan fingerprint density at radius 2 is 2.15 bits per heavy atom. The second-order valence-corrected chi connectivity index (χ2v) is 3.06. The van der Waals surface area contributed by atoms with Gasteiger partial charge in [0, 0.05) is 10.8 Å². The third-order valence-electron chi connectivity index (χ3n) is 2.23. The van der Waals surface area contributed by atoms with E-state index in [1.54, 1.807) is 18.3 Å². The molecule has 2 aliphatic rings. The average Bonchev–Trinajstić information content (AvgIpc) is 2.62. The highest BCUT2D eigenvalue weighted by Crippen LogP contribution is 2.22. The molecular formula is C10H6N2O. The van der Waals surface area contributed by atoms with Crippen molar-refractivity contribution in [3.05, 3.63) is 40.4 Å². The molecule has 3 nitrogen and oxygen atoms in total. The fourth-order valence-electron chi connectivity index (χ4n) is 1.64. The van der Waals surface area contributed by atoms with Crippen LogP contribution in [0, 0.1) is 0 Å². The summed E-state index contributed by atoms with van der Waals surface area (Å²) in [5, 5.41) is 19.1. The monoisotopic (exact) mass is 170 g/mol. The van der Waals surface area contributed by atoms with Crippen molar-refractivity contribution in [2.45, 2.75) is 0 Å². The van der Waals surface area contributed by atoms with Gasteiger partial charge in [0.1, 0.15) is 11.4 Å². The second kappa shape index (κ2) is 2.07. The number of benzene rings is 1. The minimum absolute atomic E-state index is 0.285. The molecule has 3 rings (SSSR count). The molecule has 0 atom stereocenters. The van der Waals surface area contributed by atoms with Gasteiger partial charge in [-0.1, -0.05) is 0 Å². The molecule has 0 aromatic heterocycles. The number of hydrogen-bond acceptors (Lipinski definition) is 3. The lowest BCUT2D eigenvalue weighted by molar-refractivity contribution is 0.474. The van der Waals surface area contributed by atoms with Gasteiger partial charge in [0.2, 0.25) is 0 Å². The summed E-state index contributed by atoms with van der Waals surface area (Å²) >= 11 is 0. The Hall–Kier alpha value is -1.90. The molecule has 1 aromatic rings. The summed E-state index contributed by atoms with van der Waals surface area (Å²) in [4.78, 5) is 0. The maximum absolute atomic E-state index is 9.26. The first-order valence-corrected chi connectivity index (χ1v) is 4.01. The number of azo groups is 1. The summed E-state index contributed by atoms with van der Waals surface area (Å²) < 4.78 is 0. The molecule has 3 heteroatoms. The van der Waals surface area contributed by atoms with Crippen LogP contribution in [0.2, 0.25) is 0 Å². The molecule has 0 saturated heterocycles. The predicted molar refractivity (Wildman–Crippen MR) is 48.2 cm³/mol. The van der Waals surface area contributed by atoms with Crippen molar-refractivity contribution in [2.75, 3.05) is 0 Å². The molecule has 0 radical (unpaired) electrons. The van der Waals surface area contributed by atoms with Crippen molar-refractivity contribution < 1.29 is 5.11 Å². The summed E-state index contributed by atoms with van der Waals surface area (Å²) in [5.74, 6) is 0.285. The average molecular weight is 170 g/mol. The van der Waals surface area contributed by atoms with Gasteiger partial charge >= 0.3 is 0 Å². The summed E-state index contributed by atoms with van der Waals surface area (Å²) in [6, 6.07) is 5.26. The zero-order valence-corrected chi connectivity index (χ0v) is 6.73. The quantitative estimate of drug-likeness (QED) is 0.610. The largest absolute Gasteiger partial charge is 0.508 e.